The molecule has 1 aromatic carbocycles. The fourth-order valence-electron chi connectivity index (χ4n) is 5.82. The Kier molecular flexibility index (Phi) is 21.6. The lowest BCUT2D eigenvalue weighted by atomic mass is 10.1. The quantitative estimate of drug-likeness (QED) is 0.0188. The Morgan fingerprint density at radius 1 is 0.803 bits per heavy atom. The van der Waals surface area contributed by atoms with Gasteiger partial charge in [0.15, 0.2) is 5.96 Å². The van der Waals surface area contributed by atoms with Gasteiger partial charge in [-0.25, -0.2) is 4.79 Å². The van der Waals surface area contributed by atoms with Gasteiger partial charge >= 0.3 is 11.9 Å². The van der Waals surface area contributed by atoms with Crippen LogP contribution in [0.2, 0.25) is 0 Å². The molecular weight excluding hydrogens is 847 g/mol. The average molecular weight is 900 g/mol. The van der Waals surface area contributed by atoms with E-state index in [1.165, 1.54) is 24.3 Å². The van der Waals surface area contributed by atoms with E-state index in [1.54, 1.807) is 0 Å². The van der Waals surface area contributed by atoms with Gasteiger partial charge < -0.3 is 74.4 Å². The third-order valence-electron chi connectivity index (χ3n) is 9.01. The highest BCUT2D eigenvalue weighted by molar-refractivity contribution is 7.80. The zero-order valence-electron chi connectivity index (χ0n) is 32.8. The summed E-state index contributed by atoms with van der Waals surface area (Å²) in [5, 5.41) is 52.5. The van der Waals surface area contributed by atoms with E-state index >= 15 is 0 Å². The van der Waals surface area contributed by atoms with E-state index < -0.39 is 115 Å². The summed E-state index contributed by atoms with van der Waals surface area (Å²) in [6.07, 6.45) is -0.541. The first kappa shape index (κ1) is 51.3. The zero-order valence-corrected chi connectivity index (χ0v) is 34.6. The lowest BCUT2D eigenvalue weighted by Crippen LogP contribution is -2.60. The molecule has 26 heteroatoms. The minimum Gasteiger partial charge on any atom is -0.508 e. The molecule has 1 aliphatic heterocycles. The molecule has 1 saturated heterocycles. The molecule has 7 atom stereocenters. The number of carbonyl (C=O) groups is 9. The molecule has 16 N–H and O–H groups in total. The fourth-order valence-corrected chi connectivity index (χ4v) is 6.24. The zero-order chi connectivity index (χ0) is 45.8. The molecule has 0 radical (unpaired) electrons. The smallest absolute Gasteiger partial charge is 0.326 e. The number of aliphatic hydroxyl groups is 1. The van der Waals surface area contributed by atoms with Crippen LogP contribution in [-0.2, 0) is 49.6 Å². The van der Waals surface area contributed by atoms with Crippen molar-refractivity contribution in [1.82, 2.24) is 36.8 Å². The van der Waals surface area contributed by atoms with Crippen molar-refractivity contribution in [3.63, 3.8) is 0 Å². The van der Waals surface area contributed by atoms with Crippen LogP contribution >= 0.6 is 25.3 Å². The van der Waals surface area contributed by atoms with Crippen molar-refractivity contribution in [2.75, 3.05) is 37.7 Å². The molecule has 0 aromatic heterocycles. The number of carboxylic acid groups (broad SMARTS) is 2. The van der Waals surface area contributed by atoms with Gasteiger partial charge in [-0.2, -0.15) is 25.3 Å². The molecule has 1 heterocycles. The predicted octanol–water partition coefficient (Wildman–Crippen LogP) is -5.74. The van der Waals surface area contributed by atoms with Crippen molar-refractivity contribution >= 4 is 84.5 Å². The lowest BCUT2D eigenvalue weighted by molar-refractivity contribution is -0.144. The Hall–Kier alpha value is -5.86. The average Bonchev–Trinajstić information content (AvgIpc) is 3.71. The predicted molar refractivity (Wildman–Crippen MR) is 222 cm³/mol. The molecule has 7 amide bonds. The summed E-state index contributed by atoms with van der Waals surface area (Å²) in [7, 11) is 0. The first-order valence-electron chi connectivity index (χ1n) is 18.8. The number of rotatable bonds is 25. The number of aliphatic imine (C=N–C) groups is 1. The molecule has 61 heavy (non-hydrogen) atoms. The van der Waals surface area contributed by atoms with Crippen LogP contribution in [0.15, 0.2) is 29.3 Å². The molecule has 0 unspecified atom stereocenters. The number of phenols is 1. The fraction of sp³-hybridized carbons (Fsp3) is 0.543. The topological polar surface area (TPSA) is 400 Å². The molecule has 0 aliphatic carbocycles. The number of nitrogens with one attached hydrogen (secondary N) is 6. The van der Waals surface area contributed by atoms with Gasteiger partial charge in [0.2, 0.25) is 41.4 Å². The number of carboxylic acids is 2. The summed E-state index contributed by atoms with van der Waals surface area (Å²) >= 11 is 8.06. The van der Waals surface area contributed by atoms with Crippen molar-refractivity contribution in [3.05, 3.63) is 29.8 Å². The van der Waals surface area contributed by atoms with Crippen molar-refractivity contribution in [3.8, 4) is 5.75 Å². The second-order valence-electron chi connectivity index (χ2n) is 13.7. The normalized spacial score (nSPS) is 16.3. The standard InChI is InChI=1S/C35H53N11O13S2/c36-19(15-60)28(52)42-20(3-1-9-39-35(37)38)29(53)40-13-26(49)41-21(12-27(50)51)30(54)44-23(14-47)33(57)46-10-2-4-25(46)32(56)45-24(16-61)31(55)43-22(34(58)59)11-17-5-7-18(48)8-6-17/h5-8,19-25,47-48,60-61H,1-4,9-16,36H2,(H,40,53)(H,41,49)(H,42,52)(H,43,55)(H,44,54)(H,45,56)(H,50,51)(H,58,59)(H4,37,38,39)/t19-,20+,21+,22+,23+,24+,25+/m1/s1. The van der Waals surface area contributed by atoms with Crippen molar-refractivity contribution in [1.29, 1.82) is 0 Å². The number of guanidine groups is 1. The number of aliphatic carboxylic acids is 2. The van der Waals surface area contributed by atoms with Gasteiger partial charge in [-0.15, -0.1) is 0 Å². The van der Waals surface area contributed by atoms with Gasteiger partial charge in [0.05, 0.1) is 25.6 Å². The van der Waals surface area contributed by atoms with E-state index in [2.05, 4.69) is 62.2 Å². The number of phenolic OH excluding ortho intramolecular Hbond substituents is 1. The summed E-state index contributed by atoms with van der Waals surface area (Å²) in [5.74, 6) is -9.98. The molecule has 0 bridgehead atoms. The van der Waals surface area contributed by atoms with Crippen LogP contribution in [0.1, 0.15) is 37.7 Å². The molecule has 0 saturated carbocycles. The number of nitrogens with two attached hydrogens (primary N) is 3. The Balaban J connectivity index is 2.08. The number of thiol groups is 2. The minimum atomic E-state index is -1.83. The molecule has 1 aromatic rings. The number of aromatic hydroxyl groups is 1. The van der Waals surface area contributed by atoms with Crippen molar-refractivity contribution < 1.29 is 63.6 Å². The summed E-state index contributed by atoms with van der Waals surface area (Å²) in [4.78, 5) is 120. The van der Waals surface area contributed by atoms with Crippen LogP contribution in [0.3, 0.4) is 0 Å². The molecular formula is C35H53N11O13S2. The number of aliphatic hydroxyl groups excluding tert-OH is 1. The van der Waals surface area contributed by atoms with Crippen molar-refractivity contribution in [2.45, 2.75) is 80.8 Å². The highest BCUT2D eigenvalue weighted by Crippen LogP contribution is 2.19. The molecule has 338 valence electrons. The second kappa shape index (κ2) is 25.7. The number of hydrogen-bond acceptors (Lipinski definition) is 15. The van der Waals surface area contributed by atoms with Crippen LogP contribution in [0.25, 0.3) is 0 Å². The maximum Gasteiger partial charge on any atom is 0.326 e. The van der Waals surface area contributed by atoms with Crippen LogP contribution in [0.4, 0.5) is 0 Å². The van der Waals surface area contributed by atoms with Crippen LogP contribution in [0, 0.1) is 0 Å². The minimum absolute atomic E-state index is 0.0107. The van der Waals surface area contributed by atoms with E-state index in [4.69, 9.17) is 17.2 Å². The van der Waals surface area contributed by atoms with Crippen LogP contribution < -0.4 is 49.1 Å². The monoisotopic (exact) mass is 899 g/mol. The third-order valence-corrected chi connectivity index (χ3v) is 9.77. The van der Waals surface area contributed by atoms with Gasteiger partial charge in [0.1, 0.15) is 42.0 Å². The van der Waals surface area contributed by atoms with Gasteiger partial charge in [-0.05, 0) is 43.4 Å². The summed E-state index contributed by atoms with van der Waals surface area (Å²) in [6, 6.07) is -4.19. The molecule has 0 spiro atoms. The maximum absolute atomic E-state index is 13.6. The number of likely N-dealkylation sites (tertiary alicyclic amines) is 1. The lowest BCUT2D eigenvalue weighted by Gasteiger charge is -2.30. The van der Waals surface area contributed by atoms with Gasteiger partial charge in [-0.3, -0.25) is 43.3 Å². The Bertz CT molecular complexity index is 1770. The first-order valence-corrected chi connectivity index (χ1v) is 20.0. The van der Waals surface area contributed by atoms with Crippen molar-refractivity contribution in [2.24, 2.45) is 22.2 Å². The van der Waals surface area contributed by atoms with Gasteiger partial charge in [0.25, 0.3) is 0 Å². The summed E-state index contributed by atoms with van der Waals surface area (Å²) in [5.41, 5.74) is 16.8. The molecule has 1 aliphatic rings. The maximum atomic E-state index is 13.6. The number of hydrogen-bond donors (Lipinski definition) is 15. The van der Waals surface area contributed by atoms with E-state index in [9.17, 15) is 63.6 Å². The van der Waals surface area contributed by atoms with E-state index in [0.717, 1.165) is 4.90 Å². The highest BCUT2D eigenvalue weighted by atomic mass is 32.1. The van der Waals surface area contributed by atoms with E-state index in [-0.39, 0.29) is 68.4 Å². The molecule has 24 nitrogen and oxygen atoms in total. The molecule has 1 fully saturated rings. The summed E-state index contributed by atoms with van der Waals surface area (Å²) in [6.45, 7) is -1.74. The highest BCUT2D eigenvalue weighted by Gasteiger charge is 2.40. The summed E-state index contributed by atoms with van der Waals surface area (Å²) < 4.78 is 0. The van der Waals surface area contributed by atoms with Crippen LogP contribution in [0.5, 0.6) is 5.75 Å². The molecule has 2 rings (SSSR count). The number of benzene rings is 1. The second-order valence-corrected chi connectivity index (χ2v) is 14.4. The Morgan fingerprint density at radius 3 is 2.00 bits per heavy atom. The van der Waals surface area contributed by atoms with Gasteiger partial charge in [-0.1, -0.05) is 12.1 Å². The Morgan fingerprint density at radius 2 is 1.43 bits per heavy atom. The number of nitrogens with zero attached hydrogens (tertiary/aromatic N) is 2. The van der Waals surface area contributed by atoms with E-state index in [1.807, 2.05) is 0 Å². The van der Waals surface area contributed by atoms with Gasteiger partial charge in [0, 0.05) is 31.0 Å². The number of amides is 7. The Labute approximate surface area is 360 Å². The first-order chi connectivity index (χ1) is 28.8. The van der Waals surface area contributed by atoms with Crippen LogP contribution in [-0.4, -0.2) is 165 Å². The SMILES string of the molecule is NC(N)=NCCC[C@H](NC(=O)[C@H](N)CS)C(=O)NCC(=O)N[C@@H](CC(=O)O)C(=O)N[C@@H](CO)C(=O)N1CCC[C@H]1C(=O)N[C@@H](CS)C(=O)N[C@@H](Cc1ccc(O)cc1)C(=O)O. The van der Waals surface area contributed by atoms with E-state index in [0.29, 0.717) is 5.56 Å². The third kappa shape index (κ3) is 17.3. The largest absolute Gasteiger partial charge is 0.508 e. The number of carbonyl (C=O) groups excluding carboxylic acids is 7.